The van der Waals surface area contributed by atoms with Crippen molar-refractivity contribution in [1.29, 1.82) is 0 Å². The van der Waals surface area contributed by atoms with Gasteiger partial charge in [-0.05, 0) is 19.1 Å². The molecule has 0 spiro atoms. The van der Waals surface area contributed by atoms with Crippen LogP contribution >= 0.6 is 0 Å². The fourth-order valence-electron chi connectivity index (χ4n) is 1.20. The molecule has 0 radical (unpaired) electrons. The van der Waals surface area contributed by atoms with Crippen molar-refractivity contribution in [3.8, 4) is 11.4 Å². The second-order valence-corrected chi connectivity index (χ2v) is 3.05. The van der Waals surface area contributed by atoms with Gasteiger partial charge in [0.1, 0.15) is 5.82 Å². The number of aromatic nitrogens is 3. The molecule has 0 saturated carbocycles. The van der Waals surface area contributed by atoms with Gasteiger partial charge in [0.25, 0.3) is 0 Å². The first kappa shape index (κ1) is 8.07. The Morgan fingerprint density at radius 1 is 1.46 bits per heavy atom. The molecular weight excluding hydrogens is 164 g/mol. The number of hydrogen-bond acceptors (Lipinski definition) is 2. The molecule has 4 heteroatoms. The number of imidazole rings is 1. The van der Waals surface area contributed by atoms with Crippen molar-refractivity contribution in [2.24, 2.45) is 5.73 Å². The first-order valence-electron chi connectivity index (χ1n) is 4.21. The van der Waals surface area contributed by atoms with Crippen molar-refractivity contribution in [2.75, 3.05) is 0 Å². The number of H-pyrrole nitrogens is 2. The van der Waals surface area contributed by atoms with E-state index in [9.17, 15) is 0 Å². The average molecular weight is 176 g/mol. The lowest BCUT2D eigenvalue weighted by atomic mass is 10.3. The third kappa shape index (κ3) is 1.48. The van der Waals surface area contributed by atoms with Gasteiger partial charge in [0.15, 0.2) is 0 Å². The monoisotopic (exact) mass is 176 g/mol. The van der Waals surface area contributed by atoms with Crippen LogP contribution in [0.5, 0.6) is 0 Å². The topological polar surface area (TPSA) is 70.5 Å². The van der Waals surface area contributed by atoms with Crippen LogP contribution in [0, 0.1) is 0 Å². The highest BCUT2D eigenvalue weighted by atomic mass is 15.0. The molecule has 68 valence electrons. The summed E-state index contributed by atoms with van der Waals surface area (Å²) in [5, 5.41) is 0. The van der Waals surface area contributed by atoms with Crippen molar-refractivity contribution in [2.45, 2.75) is 13.0 Å². The molecule has 1 atom stereocenters. The van der Waals surface area contributed by atoms with Crippen LogP contribution in [0.25, 0.3) is 11.4 Å². The second-order valence-electron chi connectivity index (χ2n) is 3.05. The smallest absolute Gasteiger partial charge is 0.123 e. The lowest BCUT2D eigenvalue weighted by Gasteiger charge is -1.97. The molecule has 0 aliphatic rings. The van der Waals surface area contributed by atoms with E-state index in [1.54, 1.807) is 6.20 Å². The summed E-state index contributed by atoms with van der Waals surface area (Å²) < 4.78 is 0. The van der Waals surface area contributed by atoms with Crippen LogP contribution in [0.15, 0.2) is 24.5 Å². The van der Waals surface area contributed by atoms with Gasteiger partial charge in [-0.25, -0.2) is 4.98 Å². The number of nitrogens with zero attached hydrogens (tertiary/aromatic N) is 1. The van der Waals surface area contributed by atoms with Gasteiger partial charge in [0, 0.05) is 6.20 Å². The third-order valence-electron chi connectivity index (χ3n) is 1.91. The first-order chi connectivity index (χ1) is 6.27. The summed E-state index contributed by atoms with van der Waals surface area (Å²) in [5.41, 5.74) is 7.67. The zero-order valence-electron chi connectivity index (χ0n) is 7.41. The fraction of sp³-hybridized carbons (Fsp3) is 0.222. The molecular formula is C9H12N4. The van der Waals surface area contributed by atoms with E-state index in [4.69, 9.17) is 5.73 Å². The predicted octanol–water partition coefficient (Wildman–Crippen LogP) is 1.42. The summed E-state index contributed by atoms with van der Waals surface area (Å²) in [6, 6.07) is 3.88. The molecule has 0 saturated heterocycles. The van der Waals surface area contributed by atoms with Crippen LogP contribution in [-0.4, -0.2) is 15.0 Å². The van der Waals surface area contributed by atoms with Crippen LogP contribution in [0.4, 0.5) is 0 Å². The number of rotatable bonds is 2. The van der Waals surface area contributed by atoms with Crippen LogP contribution in [0.3, 0.4) is 0 Å². The SMILES string of the molecule is CC(N)c1ncc(-c2ccc[nH]2)[nH]1. The summed E-state index contributed by atoms with van der Waals surface area (Å²) in [5.74, 6) is 0.810. The standard InChI is InChI=1S/C9H12N4/c1-6(10)9-12-5-8(13-9)7-3-2-4-11-7/h2-6,11H,10H2,1H3,(H,12,13). The van der Waals surface area contributed by atoms with E-state index < -0.39 is 0 Å². The van der Waals surface area contributed by atoms with Gasteiger partial charge in [-0.1, -0.05) is 0 Å². The van der Waals surface area contributed by atoms with Crippen LogP contribution in [0.2, 0.25) is 0 Å². The van der Waals surface area contributed by atoms with E-state index in [1.165, 1.54) is 0 Å². The molecule has 4 N–H and O–H groups in total. The minimum Gasteiger partial charge on any atom is -0.360 e. The summed E-state index contributed by atoms with van der Waals surface area (Å²) in [6.07, 6.45) is 3.66. The quantitative estimate of drug-likeness (QED) is 0.647. The lowest BCUT2D eigenvalue weighted by Crippen LogP contribution is -2.06. The Hall–Kier alpha value is -1.55. The summed E-state index contributed by atoms with van der Waals surface area (Å²) >= 11 is 0. The molecule has 0 aliphatic carbocycles. The molecule has 0 aromatic carbocycles. The van der Waals surface area contributed by atoms with Crippen molar-refractivity contribution in [1.82, 2.24) is 15.0 Å². The van der Waals surface area contributed by atoms with Gasteiger partial charge in [-0.2, -0.15) is 0 Å². The molecule has 2 heterocycles. The normalized spacial score (nSPS) is 13.1. The Morgan fingerprint density at radius 3 is 2.85 bits per heavy atom. The van der Waals surface area contributed by atoms with E-state index in [-0.39, 0.29) is 6.04 Å². The zero-order valence-corrected chi connectivity index (χ0v) is 7.41. The van der Waals surface area contributed by atoms with Crippen LogP contribution < -0.4 is 5.73 Å². The largest absolute Gasteiger partial charge is 0.360 e. The van der Waals surface area contributed by atoms with Gasteiger partial charge in [0.2, 0.25) is 0 Å². The predicted molar refractivity (Wildman–Crippen MR) is 51.0 cm³/mol. The highest BCUT2D eigenvalue weighted by Gasteiger charge is 2.05. The Labute approximate surface area is 76.2 Å². The highest BCUT2D eigenvalue weighted by molar-refractivity contribution is 5.53. The molecule has 2 aromatic heterocycles. The Morgan fingerprint density at radius 2 is 2.31 bits per heavy atom. The van der Waals surface area contributed by atoms with Gasteiger partial charge < -0.3 is 15.7 Å². The molecule has 2 rings (SSSR count). The van der Waals surface area contributed by atoms with E-state index >= 15 is 0 Å². The molecule has 0 amide bonds. The van der Waals surface area contributed by atoms with E-state index in [0.29, 0.717) is 0 Å². The van der Waals surface area contributed by atoms with Crippen LogP contribution in [0.1, 0.15) is 18.8 Å². The van der Waals surface area contributed by atoms with Crippen molar-refractivity contribution >= 4 is 0 Å². The first-order valence-corrected chi connectivity index (χ1v) is 4.21. The maximum atomic E-state index is 5.68. The average Bonchev–Trinajstić information content (AvgIpc) is 2.75. The van der Waals surface area contributed by atoms with Gasteiger partial charge in [0.05, 0.1) is 23.6 Å². The third-order valence-corrected chi connectivity index (χ3v) is 1.91. The number of nitrogens with two attached hydrogens (primary N) is 1. The maximum Gasteiger partial charge on any atom is 0.123 e. The molecule has 0 fully saturated rings. The van der Waals surface area contributed by atoms with Gasteiger partial charge in [-0.3, -0.25) is 0 Å². The molecule has 1 unspecified atom stereocenters. The summed E-state index contributed by atoms with van der Waals surface area (Å²) in [4.78, 5) is 10.4. The number of nitrogens with one attached hydrogen (secondary N) is 2. The van der Waals surface area contributed by atoms with E-state index in [1.807, 2.05) is 25.3 Å². The zero-order chi connectivity index (χ0) is 9.26. The summed E-state index contributed by atoms with van der Waals surface area (Å²) in [6.45, 7) is 1.90. The van der Waals surface area contributed by atoms with E-state index in [2.05, 4.69) is 15.0 Å². The molecule has 13 heavy (non-hydrogen) atoms. The fourth-order valence-corrected chi connectivity index (χ4v) is 1.20. The highest BCUT2D eigenvalue weighted by Crippen LogP contribution is 2.15. The number of hydrogen-bond donors (Lipinski definition) is 3. The second kappa shape index (κ2) is 3.06. The maximum absolute atomic E-state index is 5.68. The van der Waals surface area contributed by atoms with Crippen molar-refractivity contribution in [3.63, 3.8) is 0 Å². The Kier molecular flexibility index (Phi) is 1.90. The Bertz CT molecular complexity index is 372. The lowest BCUT2D eigenvalue weighted by molar-refractivity contribution is 0.756. The van der Waals surface area contributed by atoms with Crippen LogP contribution in [-0.2, 0) is 0 Å². The van der Waals surface area contributed by atoms with Gasteiger partial charge in [-0.15, -0.1) is 0 Å². The minimum atomic E-state index is -0.0521. The van der Waals surface area contributed by atoms with Crippen molar-refractivity contribution in [3.05, 3.63) is 30.4 Å². The Balaban J connectivity index is 2.33. The summed E-state index contributed by atoms with van der Waals surface area (Å²) in [7, 11) is 0. The molecule has 2 aromatic rings. The molecule has 0 aliphatic heterocycles. The minimum absolute atomic E-state index is 0.0521. The molecule has 4 nitrogen and oxygen atoms in total. The van der Waals surface area contributed by atoms with Gasteiger partial charge >= 0.3 is 0 Å². The van der Waals surface area contributed by atoms with E-state index in [0.717, 1.165) is 17.2 Å². The molecule has 0 bridgehead atoms. The number of aromatic amines is 2. The van der Waals surface area contributed by atoms with Crippen molar-refractivity contribution < 1.29 is 0 Å².